The lowest BCUT2D eigenvalue weighted by Crippen LogP contribution is -2.47. The van der Waals surface area contributed by atoms with Gasteiger partial charge in [0.15, 0.2) is 11.6 Å². The molecule has 6 nitrogen and oxygen atoms in total. The molecule has 4 rings (SSSR count). The number of anilines is 3. The van der Waals surface area contributed by atoms with Crippen molar-refractivity contribution >= 4 is 17.5 Å². The van der Waals surface area contributed by atoms with Gasteiger partial charge in [0.05, 0.1) is 0 Å². The van der Waals surface area contributed by atoms with Gasteiger partial charge < -0.3 is 14.7 Å². The number of nitrogens with zero attached hydrogens (tertiary/aromatic N) is 6. The summed E-state index contributed by atoms with van der Waals surface area (Å²) >= 11 is 0. The van der Waals surface area contributed by atoms with Gasteiger partial charge >= 0.3 is 0 Å². The van der Waals surface area contributed by atoms with Crippen molar-refractivity contribution < 1.29 is 0 Å². The molecule has 0 spiro atoms. The van der Waals surface area contributed by atoms with E-state index < -0.39 is 0 Å². The third kappa shape index (κ3) is 3.67. The average Bonchev–Trinajstić information content (AvgIpc) is 2.69. The van der Waals surface area contributed by atoms with E-state index in [2.05, 4.69) is 54.1 Å². The summed E-state index contributed by atoms with van der Waals surface area (Å²) in [5.74, 6) is 3.08. The lowest BCUT2D eigenvalue weighted by molar-refractivity contribution is 0.570. The minimum absolute atomic E-state index is 0.952. The van der Waals surface area contributed by atoms with Gasteiger partial charge in [0, 0.05) is 45.0 Å². The SMILES string of the molecule is Cc1cccc(N2CCN(c3ccc(N4CCCCC4)nn3)CC2)n1. The van der Waals surface area contributed by atoms with Crippen LogP contribution in [-0.2, 0) is 0 Å². The number of hydrogen-bond acceptors (Lipinski definition) is 6. The van der Waals surface area contributed by atoms with E-state index in [0.717, 1.165) is 62.4 Å². The zero-order valence-corrected chi connectivity index (χ0v) is 14.9. The molecular weight excluding hydrogens is 312 g/mol. The summed E-state index contributed by atoms with van der Waals surface area (Å²) in [7, 11) is 0. The highest BCUT2D eigenvalue weighted by atomic mass is 15.3. The Kier molecular flexibility index (Phi) is 4.68. The fourth-order valence-corrected chi connectivity index (χ4v) is 3.65. The first-order chi connectivity index (χ1) is 12.3. The topological polar surface area (TPSA) is 48.4 Å². The van der Waals surface area contributed by atoms with Crippen LogP contribution in [0.3, 0.4) is 0 Å². The second-order valence-electron chi connectivity index (χ2n) is 6.91. The quantitative estimate of drug-likeness (QED) is 0.857. The van der Waals surface area contributed by atoms with Crippen molar-refractivity contribution in [1.29, 1.82) is 0 Å². The molecule has 132 valence electrons. The molecule has 6 heteroatoms. The lowest BCUT2D eigenvalue weighted by Gasteiger charge is -2.36. The van der Waals surface area contributed by atoms with E-state index in [1.807, 2.05) is 13.0 Å². The van der Waals surface area contributed by atoms with Crippen molar-refractivity contribution in [2.45, 2.75) is 26.2 Å². The van der Waals surface area contributed by atoms with E-state index in [9.17, 15) is 0 Å². The highest BCUT2D eigenvalue weighted by Crippen LogP contribution is 2.21. The molecule has 0 amide bonds. The highest BCUT2D eigenvalue weighted by molar-refractivity contribution is 5.48. The summed E-state index contributed by atoms with van der Waals surface area (Å²) in [6.07, 6.45) is 3.86. The number of aromatic nitrogens is 3. The molecule has 0 unspecified atom stereocenters. The lowest BCUT2D eigenvalue weighted by atomic mass is 10.1. The summed E-state index contributed by atoms with van der Waals surface area (Å²) in [6.45, 7) is 8.09. The van der Waals surface area contributed by atoms with Gasteiger partial charge in [0.25, 0.3) is 0 Å². The van der Waals surface area contributed by atoms with Crippen molar-refractivity contribution in [3.8, 4) is 0 Å². The monoisotopic (exact) mass is 338 g/mol. The van der Waals surface area contributed by atoms with Crippen molar-refractivity contribution in [2.24, 2.45) is 0 Å². The van der Waals surface area contributed by atoms with Crippen LogP contribution in [0.15, 0.2) is 30.3 Å². The van der Waals surface area contributed by atoms with Gasteiger partial charge in [-0.25, -0.2) is 4.98 Å². The standard InChI is InChI=1S/C19H26N6/c1-16-6-5-7-17(20-16)24-12-14-25(15-13-24)19-9-8-18(21-22-19)23-10-3-2-4-11-23/h5-9H,2-4,10-15H2,1H3. The van der Waals surface area contributed by atoms with E-state index in [1.54, 1.807) is 0 Å². The summed E-state index contributed by atoms with van der Waals surface area (Å²) in [5.41, 5.74) is 1.07. The first-order valence-electron chi connectivity index (χ1n) is 9.32. The van der Waals surface area contributed by atoms with Crippen LogP contribution in [0.5, 0.6) is 0 Å². The van der Waals surface area contributed by atoms with Crippen LogP contribution in [0.1, 0.15) is 25.0 Å². The molecule has 0 aromatic carbocycles. The zero-order valence-electron chi connectivity index (χ0n) is 14.9. The third-order valence-corrected chi connectivity index (χ3v) is 5.12. The van der Waals surface area contributed by atoms with Crippen LogP contribution in [-0.4, -0.2) is 54.4 Å². The van der Waals surface area contributed by atoms with Gasteiger partial charge in [-0.2, -0.15) is 0 Å². The van der Waals surface area contributed by atoms with Gasteiger partial charge in [-0.05, 0) is 50.5 Å². The van der Waals surface area contributed by atoms with Crippen molar-refractivity contribution in [3.05, 3.63) is 36.0 Å². The molecular formula is C19H26N6. The number of aryl methyl sites for hydroxylation is 1. The predicted molar refractivity (Wildman–Crippen MR) is 101 cm³/mol. The highest BCUT2D eigenvalue weighted by Gasteiger charge is 2.20. The molecule has 0 N–H and O–H groups in total. The second kappa shape index (κ2) is 7.25. The van der Waals surface area contributed by atoms with Crippen molar-refractivity contribution in [3.63, 3.8) is 0 Å². The average molecular weight is 338 g/mol. The number of piperidine rings is 1. The molecule has 0 radical (unpaired) electrons. The van der Waals surface area contributed by atoms with Gasteiger partial charge in [-0.15, -0.1) is 10.2 Å². The minimum atomic E-state index is 0.952. The Bertz CT molecular complexity index is 687. The number of piperazine rings is 1. The first-order valence-corrected chi connectivity index (χ1v) is 9.32. The molecule has 0 atom stereocenters. The molecule has 0 saturated carbocycles. The van der Waals surface area contributed by atoms with Crippen LogP contribution in [0, 0.1) is 6.92 Å². The van der Waals surface area contributed by atoms with Crippen LogP contribution in [0.4, 0.5) is 17.5 Å². The fourth-order valence-electron chi connectivity index (χ4n) is 3.65. The van der Waals surface area contributed by atoms with E-state index in [0.29, 0.717) is 0 Å². The first kappa shape index (κ1) is 16.1. The molecule has 2 aliphatic rings. The van der Waals surface area contributed by atoms with Crippen LogP contribution in [0.2, 0.25) is 0 Å². The minimum Gasteiger partial charge on any atom is -0.355 e. The largest absolute Gasteiger partial charge is 0.355 e. The van der Waals surface area contributed by atoms with E-state index in [1.165, 1.54) is 19.3 Å². The Morgan fingerprint density at radius 2 is 1.20 bits per heavy atom. The summed E-state index contributed by atoms with van der Waals surface area (Å²) < 4.78 is 0. The smallest absolute Gasteiger partial charge is 0.151 e. The van der Waals surface area contributed by atoms with Crippen LogP contribution in [0.25, 0.3) is 0 Å². The Hall–Kier alpha value is -2.37. The van der Waals surface area contributed by atoms with Gasteiger partial charge in [-0.3, -0.25) is 0 Å². The molecule has 2 aromatic rings. The Morgan fingerprint density at radius 3 is 1.76 bits per heavy atom. The predicted octanol–water partition coefficient (Wildman–Crippen LogP) is 2.50. The maximum absolute atomic E-state index is 4.63. The molecule has 0 bridgehead atoms. The van der Waals surface area contributed by atoms with E-state index in [4.69, 9.17) is 0 Å². The number of pyridine rings is 1. The molecule has 2 fully saturated rings. The molecule has 2 aromatic heterocycles. The molecule has 4 heterocycles. The number of hydrogen-bond donors (Lipinski definition) is 0. The normalized spacial score (nSPS) is 18.5. The Morgan fingerprint density at radius 1 is 0.640 bits per heavy atom. The van der Waals surface area contributed by atoms with Crippen molar-refractivity contribution in [1.82, 2.24) is 15.2 Å². The Balaban J connectivity index is 1.37. The molecule has 25 heavy (non-hydrogen) atoms. The maximum Gasteiger partial charge on any atom is 0.151 e. The van der Waals surface area contributed by atoms with E-state index in [-0.39, 0.29) is 0 Å². The summed E-state index contributed by atoms with van der Waals surface area (Å²) in [6, 6.07) is 10.5. The van der Waals surface area contributed by atoms with Crippen LogP contribution < -0.4 is 14.7 Å². The van der Waals surface area contributed by atoms with Gasteiger partial charge in [0.1, 0.15) is 5.82 Å². The summed E-state index contributed by atoms with van der Waals surface area (Å²) in [4.78, 5) is 11.6. The number of rotatable bonds is 3. The third-order valence-electron chi connectivity index (χ3n) is 5.12. The Labute approximate surface area is 149 Å². The van der Waals surface area contributed by atoms with Gasteiger partial charge in [0.2, 0.25) is 0 Å². The summed E-state index contributed by atoms with van der Waals surface area (Å²) in [5, 5.41) is 8.96. The second-order valence-corrected chi connectivity index (χ2v) is 6.91. The molecule has 2 aliphatic heterocycles. The van der Waals surface area contributed by atoms with Crippen LogP contribution >= 0.6 is 0 Å². The maximum atomic E-state index is 4.63. The van der Waals surface area contributed by atoms with Crippen molar-refractivity contribution in [2.75, 3.05) is 54.0 Å². The fraction of sp³-hybridized carbons (Fsp3) is 0.526. The molecule has 0 aliphatic carbocycles. The van der Waals surface area contributed by atoms with E-state index >= 15 is 0 Å². The zero-order chi connectivity index (χ0) is 17.1. The molecule has 2 saturated heterocycles. The van der Waals surface area contributed by atoms with Gasteiger partial charge in [-0.1, -0.05) is 6.07 Å².